The average molecular weight is 575 g/mol. The summed E-state index contributed by atoms with van der Waals surface area (Å²) in [5, 5.41) is 3.32. The predicted octanol–water partition coefficient (Wildman–Crippen LogP) is 7.37. The summed E-state index contributed by atoms with van der Waals surface area (Å²) in [4.78, 5) is 14.8. The molecule has 1 aromatic heterocycles. The molecule has 1 atom stereocenters. The lowest BCUT2D eigenvalue weighted by molar-refractivity contribution is -0.137. The third-order valence-electron chi connectivity index (χ3n) is 6.50. The van der Waals surface area contributed by atoms with Crippen LogP contribution in [0.2, 0.25) is 0 Å². The molecule has 0 bridgehead atoms. The van der Waals surface area contributed by atoms with Gasteiger partial charge in [0.15, 0.2) is 15.9 Å². The van der Waals surface area contributed by atoms with Gasteiger partial charge in [-0.3, -0.25) is 5.32 Å². The van der Waals surface area contributed by atoms with Crippen molar-refractivity contribution < 1.29 is 35.5 Å². The van der Waals surface area contributed by atoms with Crippen molar-refractivity contribution in [1.82, 2.24) is 0 Å². The lowest BCUT2D eigenvalue weighted by Crippen LogP contribution is -2.24. The van der Waals surface area contributed by atoms with Crippen LogP contribution in [-0.4, -0.2) is 33.4 Å². The Hall–Kier alpha value is -3.99. The van der Waals surface area contributed by atoms with Crippen molar-refractivity contribution in [1.29, 1.82) is 0 Å². The maximum absolute atomic E-state index is 13.2. The molecule has 3 aromatic carbocycles. The molecular weight excluding hydrogens is 545 g/mol. The predicted molar refractivity (Wildman–Crippen MR) is 147 cm³/mol. The molecular formula is C29H29F3N2O5S. The topological polar surface area (TPSA) is 88.9 Å². The van der Waals surface area contributed by atoms with Crippen LogP contribution in [0.25, 0.3) is 11.0 Å². The van der Waals surface area contributed by atoms with Crippen molar-refractivity contribution in [2.75, 3.05) is 29.1 Å². The summed E-state index contributed by atoms with van der Waals surface area (Å²) in [7, 11) is -4.19. The third kappa shape index (κ3) is 6.59. The number of carbonyl (C=O) groups excluding carboxylic acids is 1. The van der Waals surface area contributed by atoms with Gasteiger partial charge in [0.05, 0.1) is 16.2 Å². The zero-order valence-corrected chi connectivity index (χ0v) is 23.0. The highest BCUT2D eigenvalue weighted by Crippen LogP contribution is 2.32. The van der Waals surface area contributed by atoms with Crippen LogP contribution in [-0.2, 0) is 20.8 Å². The van der Waals surface area contributed by atoms with Crippen molar-refractivity contribution in [2.24, 2.45) is 0 Å². The van der Waals surface area contributed by atoms with Gasteiger partial charge in [-0.25, -0.2) is 13.2 Å². The highest BCUT2D eigenvalue weighted by Gasteiger charge is 2.32. The minimum absolute atomic E-state index is 0.0837. The quantitative estimate of drug-likeness (QED) is 0.225. The first-order valence-corrected chi connectivity index (χ1v) is 14.3. The minimum atomic E-state index is -4.61. The number of benzene rings is 3. The molecule has 11 heteroatoms. The van der Waals surface area contributed by atoms with Crippen LogP contribution in [0.4, 0.5) is 29.3 Å². The number of hydrogen-bond donors (Lipinski definition) is 1. The van der Waals surface area contributed by atoms with Crippen molar-refractivity contribution >= 4 is 38.3 Å². The molecule has 4 aromatic rings. The van der Waals surface area contributed by atoms with E-state index in [0.29, 0.717) is 28.8 Å². The van der Waals surface area contributed by atoms with Gasteiger partial charge in [-0.05, 0) is 80.9 Å². The Morgan fingerprint density at radius 3 is 2.27 bits per heavy atom. The standard InChI is InChI=1S/C29H29F3N2O5S/c1-4-34(5-2)22-12-15-24(19(3)16-22)33-28(35)39-27(26-17-20-8-6-7-9-25(20)38-26)18-40(36,37)23-13-10-21(11-14-23)29(30,31)32/h6-17,27H,4-5,18H2,1-3H3,(H,33,35). The van der Waals surface area contributed by atoms with E-state index in [9.17, 15) is 26.4 Å². The van der Waals surface area contributed by atoms with Crippen molar-refractivity contribution in [2.45, 2.75) is 37.9 Å². The molecule has 4 rings (SSSR count). The minimum Gasteiger partial charge on any atom is -0.457 e. The summed E-state index contributed by atoms with van der Waals surface area (Å²) in [6.45, 7) is 7.54. The number of aryl methyl sites for hydroxylation is 1. The number of halogens is 3. The summed E-state index contributed by atoms with van der Waals surface area (Å²) in [6, 6.07) is 17.2. The fraction of sp³-hybridized carbons (Fsp3) is 0.276. The number of sulfone groups is 1. The third-order valence-corrected chi connectivity index (χ3v) is 8.23. The SMILES string of the molecule is CCN(CC)c1ccc(NC(=O)OC(CS(=O)(=O)c2ccc(C(F)(F)F)cc2)c2cc3ccccc3o2)c(C)c1. The van der Waals surface area contributed by atoms with Crippen LogP contribution in [0.5, 0.6) is 0 Å². The lowest BCUT2D eigenvalue weighted by atomic mass is 10.1. The highest BCUT2D eigenvalue weighted by molar-refractivity contribution is 7.91. The zero-order valence-electron chi connectivity index (χ0n) is 22.2. The van der Waals surface area contributed by atoms with E-state index in [-0.39, 0.29) is 10.7 Å². The second-order valence-electron chi connectivity index (χ2n) is 9.18. The first kappa shape index (κ1) is 29.0. The molecule has 7 nitrogen and oxygen atoms in total. The molecule has 0 aliphatic carbocycles. The Morgan fingerprint density at radius 2 is 1.68 bits per heavy atom. The number of nitrogens with zero attached hydrogens (tertiary/aromatic N) is 1. The normalized spacial score (nSPS) is 12.8. The molecule has 0 aliphatic rings. The molecule has 0 fully saturated rings. The number of ether oxygens (including phenoxy) is 1. The number of hydrogen-bond acceptors (Lipinski definition) is 6. The van der Waals surface area contributed by atoms with E-state index in [0.717, 1.165) is 36.5 Å². The first-order chi connectivity index (χ1) is 18.9. The summed E-state index contributed by atoms with van der Waals surface area (Å²) < 4.78 is 76.7. The summed E-state index contributed by atoms with van der Waals surface area (Å²) in [5.41, 5.74) is 1.73. The van der Waals surface area contributed by atoms with Crippen LogP contribution < -0.4 is 10.2 Å². The van der Waals surface area contributed by atoms with Gasteiger partial charge in [-0.15, -0.1) is 0 Å². The number of alkyl halides is 3. The van der Waals surface area contributed by atoms with Gasteiger partial charge in [-0.2, -0.15) is 13.2 Å². The van der Waals surface area contributed by atoms with E-state index >= 15 is 0 Å². The first-order valence-electron chi connectivity index (χ1n) is 12.6. The smallest absolute Gasteiger partial charge is 0.416 e. The summed E-state index contributed by atoms with van der Waals surface area (Å²) in [6.07, 6.45) is -6.90. The number of furan rings is 1. The molecule has 212 valence electrons. The fourth-order valence-corrected chi connectivity index (χ4v) is 5.70. The van der Waals surface area contributed by atoms with E-state index in [1.54, 1.807) is 36.4 Å². The maximum Gasteiger partial charge on any atom is 0.416 e. The number of amides is 1. The number of fused-ring (bicyclic) bond motifs is 1. The number of carbonyl (C=O) groups is 1. The largest absolute Gasteiger partial charge is 0.457 e. The van der Waals surface area contributed by atoms with Gasteiger partial charge >= 0.3 is 12.3 Å². The van der Waals surface area contributed by atoms with Crippen molar-refractivity contribution in [3.05, 3.63) is 89.7 Å². The van der Waals surface area contributed by atoms with Crippen LogP contribution in [0.1, 0.15) is 36.8 Å². The van der Waals surface area contributed by atoms with E-state index in [4.69, 9.17) is 9.15 Å². The van der Waals surface area contributed by atoms with Gasteiger partial charge in [0.1, 0.15) is 11.3 Å². The van der Waals surface area contributed by atoms with Crippen LogP contribution in [0.15, 0.2) is 82.1 Å². The number of nitrogens with one attached hydrogen (secondary N) is 1. The molecule has 1 unspecified atom stereocenters. The van der Waals surface area contributed by atoms with Crippen LogP contribution in [0, 0.1) is 6.92 Å². The van der Waals surface area contributed by atoms with Crippen LogP contribution >= 0.6 is 0 Å². The molecule has 0 saturated carbocycles. The van der Waals surface area contributed by atoms with E-state index < -0.39 is 39.5 Å². The monoisotopic (exact) mass is 574 g/mol. The Balaban J connectivity index is 1.60. The molecule has 0 radical (unpaired) electrons. The maximum atomic E-state index is 13.2. The molecule has 40 heavy (non-hydrogen) atoms. The number of anilines is 2. The molecule has 0 saturated heterocycles. The van der Waals surface area contributed by atoms with Gasteiger partial charge in [0, 0.05) is 29.9 Å². The molecule has 1 amide bonds. The summed E-state index contributed by atoms with van der Waals surface area (Å²) >= 11 is 0. The Bertz CT molecular complexity index is 1560. The Kier molecular flexibility index (Phi) is 8.43. The molecule has 1 heterocycles. The molecule has 0 aliphatic heterocycles. The average Bonchev–Trinajstić information content (AvgIpc) is 3.34. The second-order valence-corrected chi connectivity index (χ2v) is 11.2. The van der Waals surface area contributed by atoms with E-state index in [2.05, 4.69) is 10.2 Å². The van der Waals surface area contributed by atoms with Crippen molar-refractivity contribution in [3.63, 3.8) is 0 Å². The van der Waals surface area contributed by atoms with E-state index in [1.165, 1.54) is 0 Å². The Morgan fingerprint density at radius 1 is 1.00 bits per heavy atom. The second kappa shape index (κ2) is 11.6. The number of rotatable bonds is 9. The lowest BCUT2D eigenvalue weighted by Gasteiger charge is -2.22. The van der Waals surface area contributed by atoms with Gasteiger partial charge in [0.2, 0.25) is 0 Å². The fourth-order valence-electron chi connectivity index (χ4n) is 4.32. The zero-order chi connectivity index (χ0) is 29.1. The van der Waals surface area contributed by atoms with E-state index in [1.807, 2.05) is 32.9 Å². The Labute approximate surface area is 230 Å². The highest BCUT2D eigenvalue weighted by atomic mass is 32.2. The van der Waals surface area contributed by atoms with Gasteiger partial charge < -0.3 is 14.1 Å². The summed E-state index contributed by atoms with van der Waals surface area (Å²) in [5.74, 6) is -0.661. The van der Waals surface area contributed by atoms with Crippen molar-refractivity contribution in [3.8, 4) is 0 Å². The molecule has 1 N–H and O–H groups in total. The van der Waals surface area contributed by atoms with Gasteiger partial charge in [-0.1, -0.05) is 18.2 Å². The van der Waals surface area contributed by atoms with Crippen LogP contribution in [0.3, 0.4) is 0 Å². The number of para-hydroxylation sites is 1. The molecule has 0 spiro atoms. The van der Waals surface area contributed by atoms with Gasteiger partial charge in [0.25, 0.3) is 0 Å².